The number of hydrogen-bond acceptors (Lipinski definition) is 3. The molecule has 0 fully saturated rings. The van der Waals surface area contributed by atoms with Gasteiger partial charge >= 0.3 is 11.9 Å². The molecular formula is C17H28O4. The summed E-state index contributed by atoms with van der Waals surface area (Å²) in [6.45, 7) is 4.24. The SMILES string of the molecule is CCCCCCCCOC(=O)C1(C)C=CCCC1C(=O)O. The lowest BCUT2D eigenvalue weighted by Gasteiger charge is -2.32. The van der Waals surface area contributed by atoms with Crippen molar-refractivity contribution in [3.8, 4) is 0 Å². The van der Waals surface area contributed by atoms with E-state index in [1.54, 1.807) is 13.0 Å². The van der Waals surface area contributed by atoms with Crippen LogP contribution >= 0.6 is 0 Å². The van der Waals surface area contributed by atoms with Crippen LogP contribution in [-0.2, 0) is 14.3 Å². The van der Waals surface area contributed by atoms with Crippen LogP contribution in [0.2, 0.25) is 0 Å². The van der Waals surface area contributed by atoms with Crippen LogP contribution in [0.1, 0.15) is 65.2 Å². The molecule has 0 amide bonds. The van der Waals surface area contributed by atoms with Crippen LogP contribution in [0.4, 0.5) is 0 Å². The van der Waals surface area contributed by atoms with E-state index in [-0.39, 0.29) is 0 Å². The van der Waals surface area contributed by atoms with Crippen molar-refractivity contribution in [2.75, 3.05) is 6.61 Å². The van der Waals surface area contributed by atoms with Gasteiger partial charge in [0.2, 0.25) is 0 Å². The molecule has 2 atom stereocenters. The normalized spacial score (nSPS) is 24.8. The third-order valence-corrected chi connectivity index (χ3v) is 4.28. The molecule has 0 aromatic heterocycles. The van der Waals surface area contributed by atoms with Crippen molar-refractivity contribution in [1.29, 1.82) is 0 Å². The van der Waals surface area contributed by atoms with Gasteiger partial charge in [-0.05, 0) is 26.2 Å². The zero-order valence-corrected chi connectivity index (χ0v) is 13.3. The molecule has 0 saturated carbocycles. The summed E-state index contributed by atoms with van der Waals surface area (Å²) in [5.41, 5.74) is -1.02. The summed E-state index contributed by atoms with van der Waals surface area (Å²) in [5.74, 6) is -2.00. The van der Waals surface area contributed by atoms with Gasteiger partial charge in [-0.2, -0.15) is 0 Å². The Morgan fingerprint density at radius 1 is 1.24 bits per heavy atom. The van der Waals surface area contributed by atoms with Crippen molar-refractivity contribution in [2.24, 2.45) is 11.3 Å². The lowest BCUT2D eigenvalue weighted by Crippen LogP contribution is -2.41. The molecule has 1 rings (SSSR count). The minimum Gasteiger partial charge on any atom is -0.481 e. The van der Waals surface area contributed by atoms with E-state index >= 15 is 0 Å². The number of allylic oxidation sites excluding steroid dienone is 1. The van der Waals surface area contributed by atoms with E-state index in [9.17, 15) is 14.7 Å². The van der Waals surface area contributed by atoms with E-state index in [1.807, 2.05) is 6.08 Å². The largest absolute Gasteiger partial charge is 0.481 e. The molecule has 1 N–H and O–H groups in total. The molecule has 1 aliphatic rings. The zero-order valence-electron chi connectivity index (χ0n) is 13.3. The maximum Gasteiger partial charge on any atom is 0.316 e. The van der Waals surface area contributed by atoms with E-state index in [1.165, 1.54) is 25.7 Å². The van der Waals surface area contributed by atoms with Gasteiger partial charge in [-0.15, -0.1) is 0 Å². The average molecular weight is 296 g/mol. The summed E-state index contributed by atoms with van der Waals surface area (Å²) in [4.78, 5) is 23.5. The van der Waals surface area contributed by atoms with Crippen LogP contribution in [0, 0.1) is 11.3 Å². The lowest BCUT2D eigenvalue weighted by molar-refractivity contribution is -0.163. The summed E-state index contributed by atoms with van der Waals surface area (Å²) >= 11 is 0. The van der Waals surface area contributed by atoms with Crippen molar-refractivity contribution < 1.29 is 19.4 Å². The van der Waals surface area contributed by atoms with Crippen LogP contribution < -0.4 is 0 Å². The standard InChI is InChI=1S/C17H28O4/c1-3-4-5-6-7-10-13-21-16(20)17(2)12-9-8-11-14(17)15(18)19/h9,12,14H,3-8,10-11,13H2,1-2H3,(H,18,19). The minimum absolute atomic E-state index is 0.390. The van der Waals surface area contributed by atoms with Gasteiger partial charge < -0.3 is 9.84 Å². The maximum absolute atomic E-state index is 12.2. The second-order valence-corrected chi connectivity index (χ2v) is 6.06. The first-order valence-electron chi connectivity index (χ1n) is 8.10. The predicted molar refractivity (Wildman–Crippen MR) is 81.9 cm³/mol. The number of rotatable bonds is 9. The molecule has 21 heavy (non-hydrogen) atoms. The van der Waals surface area contributed by atoms with Gasteiger partial charge in [0.15, 0.2) is 0 Å². The summed E-state index contributed by atoms with van der Waals surface area (Å²) in [5, 5.41) is 9.27. The topological polar surface area (TPSA) is 63.6 Å². The number of carbonyl (C=O) groups is 2. The van der Waals surface area contributed by atoms with Crippen molar-refractivity contribution in [2.45, 2.75) is 65.2 Å². The molecule has 1 aliphatic carbocycles. The van der Waals surface area contributed by atoms with E-state index < -0.39 is 23.3 Å². The molecular weight excluding hydrogens is 268 g/mol. The molecule has 0 spiro atoms. The Morgan fingerprint density at radius 2 is 1.90 bits per heavy atom. The highest BCUT2D eigenvalue weighted by molar-refractivity contribution is 5.86. The number of carbonyl (C=O) groups excluding carboxylic acids is 1. The van der Waals surface area contributed by atoms with Crippen LogP contribution in [0.15, 0.2) is 12.2 Å². The van der Waals surface area contributed by atoms with Gasteiger partial charge in [0.25, 0.3) is 0 Å². The lowest BCUT2D eigenvalue weighted by atomic mass is 9.71. The van der Waals surface area contributed by atoms with Gasteiger partial charge in [0.05, 0.1) is 17.9 Å². The van der Waals surface area contributed by atoms with Crippen LogP contribution in [0.5, 0.6) is 0 Å². The van der Waals surface area contributed by atoms with Crippen molar-refractivity contribution in [3.63, 3.8) is 0 Å². The Morgan fingerprint density at radius 3 is 2.57 bits per heavy atom. The Bertz CT molecular complexity index is 375. The summed E-state index contributed by atoms with van der Waals surface area (Å²) < 4.78 is 5.32. The van der Waals surface area contributed by atoms with Gasteiger partial charge in [-0.3, -0.25) is 9.59 Å². The van der Waals surface area contributed by atoms with Crippen molar-refractivity contribution in [3.05, 3.63) is 12.2 Å². The van der Waals surface area contributed by atoms with E-state index in [2.05, 4.69) is 6.92 Å². The first kappa shape index (κ1) is 17.7. The smallest absolute Gasteiger partial charge is 0.316 e. The molecule has 0 saturated heterocycles. The molecule has 0 heterocycles. The van der Waals surface area contributed by atoms with Crippen LogP contribution in [0.25, 0.3) is 0 Å². The van der Waals surface area contributed by atoms with Crippen molar-refractivity contribution in [1.82, 2.24) is 0 Å². The number of ether oxygens (including phenoxy) is 1. The highest BCUT2D eigenvalue weighted by Crippen LogP contribution is 2.38. The van der Waals surface area contributed by atoms with Gasteiger partial charge in [-0.1, -0.05) is 51.2 Å². The fourth-order valence-corrected chi connectivity index (χ4v) is 2.80. The monoisotopic (exact) mass is 296 g/mol. The number of unbranched alkanes of at least 4 members (excludes halogenated alkanes) is 5. The molecule has 0 radical (unpaired) electrons. The third-order valence-electron chi connectivity index (χ3n) is 4.28. The Balaban J connectivity index is 2.37. The predicted octanol–water partition coefficient (Wildman–Crippen LogP) is 3.95. The van der Waals surface area contributed by atoms with Crippen LogP contribution in [-0.4, -0.2) is 23.7 Å². The highest BCUT2D eigenvalue weighted by Gasteiger charge is 2.45. The number of carboxylic acid groups (broad SMARTS) is 1. The fraction of sp³-hybridized carbons (Fsp3) is 0.765. The van der Waals surface area contributed by atoms with Crippen LogP contribution in [0.3, 0.4) is 0 Å². The van der Waals surface area contributed by atoms with Crippen molar-refractivity contribution >= 4 is 11.9 Å². The number of hydrogen-bond donors (Lipinski definition) is 1. The first-order chi connectivity index (χ1) is 10.0. The molecule has 120 valence electrons. The molecule has 0 aromatic carbocycles. The van der Waals surface area contributed by atoms with Gasteiger partial charge in [-0.25, -0.2) is 0 Å². The Hall–Kier alpha value is -1.32. The quantitative estimate of drug-likeness (QED) is 0.397. The average Bonchev–Trinajstić information content (AvgIpc) is 2.46. The molecule has 0 bridgehead atoms. The van der Waals surface area contributed by atoms with Gasteiger partial charge in [0, 0.05) is 0 Å². The molecule has 4 nitrogen and oxygen atoms in total. The molecule has 0 aromatic rings. The molecule has 0 aliphatic heterocycles. The second kappa shape index (κ2) is 8.85. The molecule has 2 unspecified atom stereocenters. The van der Waals surface area contributed by atoms with E-state index in [0.29, 0.717) is 19.4 Å². The second-order valence-electron chi connectivity index (χ2n) is 6.06. The summed E-state index contributed by atoms with van der Waals surface area (Å²) in [6.07, 6.45) is 11.6. The maximum atomic E-state index is 12.2. The van der Waals surface area contributed by atoms with E-state index in [0.717, 1.165) is 12.8 Å². The number of aliphatic carboxylic acids is 1. The zero-order chi connectivity index (χ0) is 15.7. The highest BCUT2D eigenvalue weighted by atomic mass is 16.5. The third kappa shape index (κ3) is 5.18. The Labute approximate surface area is 127 Å². The minimum atomic E-state index is -1.02. The summed E-state index contributed by atoms with van der Waals surface area (Å²) in [6, 6.07) is 0. The first-order valence-corrected chi connectivity index (χ1v) is 8.10. The Kier molecular flexibility index (Phi) is 7.48. The number of carboxylic acids is 1. The molecule has 4 heteroatoms. The van der Waals surface area contributed by atoms with Gasteiger partial charge in [0.1, 0.15) is 0 Å². The summed E-state index contributed by atoms with van der Waals surface area (Å²) in [7, 11) is 0. The number of esters is 1. The fourth-order valence-electron chi connectivity index (χ4n) is 2.80. The van der Waals surface area contributed by atoms with E-state index in [4.69, 9.17) is 4.74 Å².